The van der Waals surface area contributed by atoms with Crippen molar-refractivity contribution in [3.63, 3.8) is 0 Å². The summed E-state index contributed by atoms with van der Waals surface area (Å²) in [5, 5.41) is 6.08. The maximum atomic E-state index is 14.8. The van der Waals surface area contributed by atoms with Gasteiger partial charge in [-0.2, -0.15) is 9.78 Å². The standard InChI is InChI=1S/C37H35F2N3O5/c1-45-35(43)26-18-37(19-26)16-25(17-37)33-28-15-31-24(20-40-42(31)36(44)47-21-22-5-3-2-4-6-22)13-32(28)41(27-7-8-29(38)30(39)14-27)34(33)23-9-11-46-12-10-23/h2-8,13-15,20,23,25-26H,9-12,16-19,21H2,1H3. The minimum Gasteiger partial charge on any atom is -0.469 e. The molecule has 8 nitrogen and oxygen atoms in total. The Morgan fingerprint density at radius 1 is 0.936 bits per heavy atom. The van der Waals surface area contributed by atoms with E-state index in [4.69, 9.17) is 14.2 Å². The van der Waals surface area contributed by atoms with Gasteiger partial charge < -0.3 is 18.8 Å². The van der Waals surface area contributed by atoms with Gasteiger partial charge in [0.25, 0.3) is 0 Å². The smallest absolute Gasteiger partial charge is 0.435 e. The summed E-state index contributed by atoms with van der Waals surface area (Å²) < 4.78 is 48.7. The highest BCUT2D eigenvalue weighted by Crippen LogP contribution is 2.65. The van der Waals surface area contributed by atoms with Crippen LogP contribution >= 0.6 is 0 Å². The molecular formula is C37H35F2N3O5. The molecule has 47 heavy (non-hydrogen) atoms. The van der Waals surface area contributed by atoms with Crippen LogP contribution in [0.3, 0.4) is 0 Å². The lowest BCUT2D eigenvalue weighted by Crippen LogP contribution is -2.49. The molecule has 8 rings (SSSR count). The summed E-state index contributed by atoms with van der Waals surface area (Å²) in [7, 11) is 1.44. The van der Waals surface area contributed by atoms with Gasteiger partial charge in [0.1, 0.15) is 6.61 Å². The van der Waals surface area contributed by atoms with E-state index in [2.05, 4.69) is 9.67 Å². The number of carbonyl (C=O) groups excluding carboxylic acids is 2. The molecule has 2 aromatic heterocycles. The van der Waals surface area contributed by atoms with Crippen LogP contribution in [0.2, 0.25) is 0 Å². The van der Waals surface area contributed by atoms with Gasteiger partial charge in [0.05, 0.1) is 30.3 Å². The Kier molecular flexibility index (Phi) is 7.35. The molecule has 0 atom stereocenters. The Morgan fingerprint density at radius 2 is 1.70 bits per heavy atom. The highest BCUT2D eigenvalue weighted by Gasteiger charge is 2.56. The van der Waals surface area contributed by atoms with Crippen molar-refractivity contribution in [3.05, 3.63) is 95.3 Å². The van der Waals surface area contributed by atoms with Gasteiger partial charge in [-0.25, -0.2) is 13.6 Å². The number of aromatic nitrogens is 3. The zero-order valence-corrected chi connectivity index (χ0v) is 26.1. The summed E-state index contributed by atoms with van der Waals surface area (Å²) in [6.07, 6.45) is 6.12. The first-order valence-corrected chi connectivity index (χ1v) is 16.2. The van der Waals surface area contributed by atoms with E-state index in [1.807, 2.05) is 42.5 Å². The molecule has 1 spiro atoms. The number of hydrogen-bond acceptors (Lipinski definition) is 6. The van der Waals surface area contributed by atoms with Gasteiger partial charge in [-0.05, 0) is 85.3 Å². The number of fused-ring (bicyclic) bond motifs is 2. The van der Waals surface area contributed by atoms with Gasteiger partial charge in [-0.15, -0.1) is 0 Å². The van der Waals surface area contributed by atoms with Gasteiger partial charge >= 0.3 is 12.1 Å². The first-order valence-electron chi connectivity index (χ1n) is 16.2. The molecule has 2 aliphatic carbocycles. The van der Waals surface area contributed by atoms with Crippen LogP contribution in [0, 0.1) is 23.0 Å². The van der Waals surface area contributed by atoms with Crippen LogP contribution < -0.4 is 0 Å². The van der Waals surface area contributed by atoms with E-state index in [0.717, 1.165) is 71.6 Å². The van der Waals surface area contributed by atoms with E-state index in [1.54, 1.807) is 12.3 Å². The molecule has 0 bridgehead atoms. The van der Waals surface area contributed by atoms with Crippen molar-refractivity contribution in [2.45, 2.75) is 57.0 Å². The number of halogens is 2. The van der Waals surface area contributed by atoms with Gasteiger partial charge in [-0.1, -0.05) is 30.3 Å². The second-order valence-corrected chi connectivity index (χ2v) is 13.4. The number of rotatable bonds is 6. The fourth-order valence-corrected chi connectivity index (χ4v) is 8.32. The minimum absolute atomic E-state index is 0.0599. The predicted octanol–water partition coefficient (Wildman–Crippen LogP) is 7.78. The van der Waals surface area contributed by atoms with Crippen molar-refractivity contribution in [1.82, 2.24) is 14.3 Å². The number of benzene rings is 3. The first-order chi connectivity index (χ1) is 22.8. The zero-order chi connectivity index (χ0) is 32.3. The van der Waals surface area contributed by atoms with Crippen LogP contribution in [-0.2, 0) is 25.6 Å². The van der Waals surface area contributed by atoms with Crippen LogP contribution in [0.4, 0.5) is 13.6 Å². The lowest BCUT2D eigenvalue weighted by atomic mass is 9.47. The fourth-order valence-electron chi connectivity index (χ4n) is 8.32. The van der Waals surface area contributed by atoms with Crippen LogP contribution in [0.25, 0.3) is 27.5 Å². The fraction of sp³-hybridized carbons (Fsp3) is 0.378. The van der Waals surface area contributed by atoms with Crippen LogP contribution in [0.1, 0.15) is 67.2 Å². The summed E-state index contributed by atoms with van der Waals surface area (Å²) in [6, 6.07) is 17.5. The molecule has 3 heterocycles. The number of hydrogen-bond donors (Lipinski definition) is 0. The van der Waals surface area contributed by atoms with Crippen LogP contribution in [-0.4, -0.2) is 46.7 Å². The van der Waals surface area contributed by atoms with Gasteiger partial charge in [0, 0.05) is 47.4 Å². The second kappa shape index (κ2) is 11.6. The summed E-state index contributed by atoms with van der Waals surface area (Å²) >= 11 is 0. The van der Waals surface area contributed by atoms with Gasteiger partial charge in [0.15, 0.2) is 11.6 Å². The Morgan fingerprint density at radius 3 is 2.43 bits per heavy atom. The SMILES string of the molecule is COC(=O)C1CC2(C1)CC(c1c(C3CCOCC3)n(-c3ccc(F)c(F)c3)c3cc4cnn(C(=O)OCc5ccccc5)c4cc13)C2. The van der Waals surface area contributed by atoms with Crippen molar-refractivity contribution in [2.75, 3.05) is 20.3 Å². The lowest BCUT2D eigenvalue weighted by Gasteiger charge is -2.57. The second-order valence-electron chi connectivity index (χ2n) is 13.4. The van der Waals surface area contributed by atoms with Crippen molar-refractivity contribution < 1.29 is 32.6 Å². The molecule has 0 amide bonds. The normalized spacial score (nSPS) is 22.7. The molecule has 0 radical (unpaired) electrons. The van der Waals surface area contributed by atoms with E-state index in [1.165, 1.54) is 23.9 Å². The average Bonchev–Trinajstić information content (AvgIpc) is 3.62. The molecule has 5 aromatic rings. The highest BCUT2D eigenvalue weighted by atomic mass is 19.2. The summed E-state index contributed by atoms with van der Waals surface area (Å²) in [5.41, 5.74) is 5.21. The first kappa shape index (κ1) is 29.8. The lowest BCUT2D eigenvalue weighted by molar-refractivity contribution is -0.159. The maximum absolute atomic E-state index is 14.8. The molecule has 3 fully saturated rings. The summed E-state index contributed by atoms with van der Waals surface area (Å²) in [4.78, 5) is 25.5. The minimum atomic E-state index is -0.912. The molecule has 1 aliphatic heterocycles. The third-order valence-electron chi connectivity index (χ3n) is 10.5. The topological polar surface area (TPSA) is 84.6 Å². The largest absolute Gasteiger partial charge is 0.469 e. The number of ether oxygens (including phenoxy) is 3. The Labute approximate surface area is 270 Å². The molecule has 0 unspecified atom stereocenters. The third-order valence-corrected chi connectivity index (χ3v) is 10.5. The number of nitrogens with zero attached hydrogens (tertiary/aromatic N) is 3. The monoisotopic (exact) mass is 639 g/mol. The van der Waals surface area contributed by atoms with Crippen molar-refractivity contribution in [2.24, 2.45) is 11.3 Å². The quantitative estimate of drug-likeness (QED) is 0.177. The van der Waals surface area contributed by atoms with Crippen molar-refractivity contribution in [1.29, 1.82) is 0 Å². The Balaban J connectivity index is 1.26. The van der Waals surface area contributed by atoms with Gasteiger partial charge in [-0.3, -0.25) is 4.79 Å². The summed E-state index contributed by atoms with van der Waals surface area (Å²) in [5.74, 6) is -1.69. The maximum Gasteiger partial charge on any atom is 0.435 e. The van der Waals surface area contributed by atoms with Crippen LogP contribution in [0.5, 0.6) is 0 Å². The number of carbonyl (C=O) groups is 2. The van der Waals surface area contributed by atoms with Gasteiger partial charge in [0.2, 0.25) is 0 Å². The molecule has 2 saturated carbocycles. The van der Waals surface area contributed by atoms with E-state index >= 15 is 0 Å². The number of methoxy groups -OCH3 is 1. The predicted molar refractivity (Wildman–Crippen MR) is 170 cm³/mol. The molecule has 3 aromatic carbocycles. The average molecular weight is 640 g/mol. The summed E-state index contributed by atoms with van der Waals surface area (Å²) in [6.45, 7) is 1.34. The highest BCUT2D eigenvalue weighted by molar-refractivity contribution is 6.01. The van der Waals surface area contributed by atoms with Crippen molar-refractivity contribution in [3.8, 4) is 5.69 Å². The molecule has 3 aliphatic rings. The molecule has 242 valence electrons. The van der Waals surface area contributed by atoms with Crippen molar-refractivity contribution >= 4 is 33.9 Å². The molecular weight excluding hydrogens is 604 g/mol. The van der Waals surface area contributed by atoms with E-state index in [9.17, 15) is 18.4 Å². The molecule has 1 saturated heterocycles. The molecule has 0 N–H and O–H groups in total. The Hall–Kier alpha value is -4.57. The zero-order valence-electron chi connectivity index (χ0n) is 26.1. The van der Waals surface area contributed by atoms with E-state index in [0.29, 0.717) is 24.4 Å². The van der Waals surface area contributed by atoms with E-state index in [-0.39, 0.29) is 35.7 Å². The third kappa shape index (κ3) is 5.10. The Bertz CT molecular complexity index is 2000. The van der Waals surface area contributed by atoms with E-state index < -0.39 is 17.7 Å². The number of esters is 1. The van der Waals surface area contributed by atoms with Crippen LogP contribution in [0.15, 0.2) is 66.9 Å². The molecule has 10 heteroatoms.